The van der Waals surface area contributed by atoms with Crippen LogP contribution in [0.25, 0.3) is 0 Å². The van der Waals surface area contributed by atoms with Crippen molar-refractivity contribution in [2.24, 2.45) is 5.41 Å². The molecule has 1 aromatic rings. The minimum absolute atomic E-state index is 0.0427. The van der Waals surface area contributed by atoms with Gasteiger partial charge in [-0.1, -0.05) is 105 Å². The summed E-state index contributed by atoms with van der Waals surface area (Å²) in [7, 11) is -0.0645. The van der Waals surface area contributed by atoms with Crippen LogP contribution in [0.1, 0.15) is 79.9 Å². The summed E-state index contributed by atoms with van der Waals surface area (Å²) in [5, 5.41) is 3.11. The first-order valence-electron chi connectivity index (χ1n) is 10.7. The lowest BCUT2D eigenvalue weighted by molar-refractivity contribution is 0.399. The molecule has 0 saturated carbocycles. The molecule has 0 amide bonds. The highest BCUT2D eigenvalue weighted by Gasteiger charge is 2.39. The Kier molecular flexibility index (Phi) is 5.91. The normalized spacial score (nSPS) is 16.1. The smallest absolute Gasteiger partial charge is 0.122 e. The Morgan fingerprint density at radius 1 is 0.821 bits per heavy atom. The van der Waals surface area contributed by atoms with Crippen LogP contribution in [0, 0.1) is 5.41 Å². The second-order valence-electron chi connectivity index (χ2n) is 12.0. The Morgan fingerprint density at radius 2 is 1.39 bits per heavy atom. The van der Waals surface area contributed by atoms with Gasteiger partial charge in [-0.15, -0.1) is 0 Å². The van der Waals surface area contributed by atoms with E-state index in [1.165, 1.54) is 21.9 Å². The van der Waals surface area contributed by atoms with Crippen molar-refractivity contribution >= 4 is 13.3 Å². The maximum atomic E-state index is 6.13. The predicted octanol–water partition coefficient (Wildman–Crippen LogP) is 7.05. The summed E-state index contributed by atoms with van der Waals surface area (Å²) in [5.41, 5.74) is 4.61. The third-order valence-corrected chi connectivity index (χ3v) is 9.83. The van der Waals surface area contributed by atoms with Gasteiger partial charge in [0.2, 0.25) is 0 Å². The molecule has 0 atom stereocenters. The Hall–Kier alpha value is -1.28. The van der Waals surface area contributed by atoms with E-state index in [4.69, 9.17) is 4.74 Å². The van der Waals surface area contributed by atoms with Gasteiger partial charge < -0.3 is 4.74 Å². The van der Waals surface area contributed by atoms with Gasteiger partial charge >= 0.3 is 0 Å². The first kappa shape index (κ1) is 23.0. The molecule has 0 N–H and O–H groups in total. The van der Waals surface area contributed by atoms with Gasteiger partial charge in [-0.25, -0.2) is 0 Å². The van der Waals surface area contributed by atoms with E-state index in [-0.39, 0.29) is 16.2 Å². The summed E-state index contributed by atoms with van der Waals surface area (Å²) in [6, 6.07) is 4.85. The van der Waals surface area contributed by atoms with Gasteiger partial charge in [-0.3, -0.25) is 0 Å². The summed E-state index contributed by atoms with van der Waals surface area (Å²) in [5.74, 6) is 1.12. The van der Waals surface area contributed by atoms with Crippen LogP contribution in [0.4, 0.5) is 0 Å². The van der Waals surface area contributed by atoms with Crippen molar-refractivity contribution in [3.05, 3.63) is 46.2 Å². The number of methoxy groups -OCH3 is 1. The lowest BCUT2D eigenvalue weighted by Crippen LogP contribution is -2.46. The molecule has 2 rings (SSSR count). The van der Waals surface area contributed by atoms with Crippen molar-refractivity contribution in [3.8, 4) is 5.75 Å². The maximum Gasteiger partial charge on any atom is 0.122 e. The molecule has 1 aliphatic rings. The third-order valence-electron chi connectivity index (χ3n) is 6.13. The highest BCUT2D eigenvalue weighted by molar-refractivity contribution is 6.96. The summed E-state index contributed by atoms with van der Waals surface area (Å²) < 4.78 is 6.13. The van der Waals surface area contributed by atoms with Gasteiger partial charge in [0, 0.05) is 0 Å². The van der Waals surface area contributed by atoms with E-state index >= 15 is 0 Å². The molecule has 2 heteroatoms. The summed E-state index contributed by atoms with van der Waals surface area (Å²) in [4.78, 5) is 0. The second-order valence-corrected chi connectivity index (χ2v) is 16.4. The highest BCUT2D eigenvalue weighted by atomic mass is 28.3. The van der Waals surface area contributed by atoms with Crippen LogP contribution < -0.4 is 9.92 Å². The van der Waals surface area contributed by atoms with Crippen LogP contribution >= 0.6 is 0 Å². The minimum atomic E-state index is -1.91. The lowest BCUT2D eigenvalue weighted by Gasteiger charge is -2.36. The van der Waals surface area contributed by atoms with Crippen LogP contribution in [0.2, 0.25) is 13.1 Å². The Balaban J connectivity index is 2.87. The molecule has 1 nitrogen and oxygen atoms in total. The molecule has 0 unspecified atom stereocenters. The van der Waals surface area contributed by atoms with Crippen LogP contribution in [0.15, 0.2) is 35.1 Å². The summed E-state index contributed by atoms with van der Waals surface area (Å²) in [6.45, 7) is 25.9. The SMILES string of the molecule is COc1c(C(C)(C)C)cc(C(C)(C)C)cc1[Si](C)(C)C1=C(C(C)(C)C)C=CC1. The van der Waals surface area contributed by atoms with Gasteiger partial charge in [-0.2, -0.15) is 0 Å². The Labute approximate surface area is 175 Å². The molecule has 28 heavy (non-hydrogen) atoms. The predicted molar refractivity (Wildman–Crippen MR) is 128 cm³/mol. The van der Waals surface area contributed by atoms with Gasteiger partial charge in [0.05, 0.1) is 7.11 Å². The largest absolute Gasteiger partial charge is 0.497 e. The van der Waals surface area contributed by atoms with Gasteiger partial charge in [0.15, 0.2) is 0 Å². The van der Waals surface area contributed by atoms with E-state index in [1.54, 1.807) is 5.20 Å². The van der Waals surface area contributed by atoms with E-state index in [2.05, 4.69) is 99.7 Å². The Bertz CT molecular complexity index is 803. The summed E-state index contributed by atoms with van der Waals surface area (Å²) >= 11 is 0. The van der Waals surface area contributed by atoms with E-state index in [1.807, 2.05) is 7.11 Å². The van der Waals surface area contributed by atoms with Gasteiger partial charge in [-0.05, 0) is 44.6 Å². The third kappa shape index (κ3) is 4.32. The second kappa shape index (κ2) is 7.20. The average molecular weight is 399 g/mol. The molecule has 1 aromatic carbocycles. The highest BCUT2D eigenvalue weighted by Crippen LogP contribution is 2.41. The zero-order valence-corrected chi connectivity index (χ0v) is 21.4. The standard InChI is InChI=1S/C26H42OSi/c1-24(2,3)18-16-20(26(7,8)9)23(27-10)22(17-18)28(11,12)21-15-13-14-19(21)25(4,5)6/h13-14,16-17H,15H2,1-12H3. The van der Waals surface area contributed by atoms with E-state index < -0.39 is 8.07 Å². The van der Waals surface area contributed by atoms with E-state index in [0.29, 0.717) is 0 Å². The molecule has 0 saturated heterocycles. The molecule has 0 radical (unpaired) electrons. The fraction of sp³-hybridized carbons (Fsp3) is 0.615. The Morgan fingerprint density at radius 3 is 1.82 bits per heavy atom. The molecule has 0 spiro atoms. The molecule has 0 fully saturated rings. The molecule has 0 heterocycles. The first-order valence-corrected chi connectivity index (χ1v) is 13.7. The lowest BCUT2D eigenvalue weighted by atomic mass is 9.80. The minimum Gasteiger partial charge on any atom is -0.497 e. The molecular weight excluding hydrogens is 356 g/mol. The van der Waals surface area contributed by atoms with Crippen molar-refractivity contribution in [2.45, 2.75) is 92.7 Å². The van der Waals surface area contributed by atoms with Crippen LogP contribution in [0.5, 0.6) is 5.75 Å². The van der Waals surface area contributed by atoms with Crippen LogP contribution in [-0.2, 0) is 10.8 Å². The fourth-order valence-corrected chi connectivity index (χ4v) is 7.67. The number of rotatable bonds is 3. The molecule has 0 bridgehead atoms. The summed E-state index contributed by atoms with van der Waals surface area (Å²) in [6.07, 6.45) is 5.81. The molecule has 0 aliphatic heterocycles. The molecule has 1 aliphatic carbocycles. The maximum absolute atomic E-state index is 6.13. The number of benzene rings is 1. The van der Waals surface area contributed by atoms with E-state index in [9.17, 15) is 0 Å². The number of hydrogen-bond donors (Lipinski definition) is 0. The average Bonchev–Trinajstić information content (AvgIpc) is 3.02. The van der Waals surface area contributed by atoms with E-state index in [0.717, 1.165) is 12.2 Å². The number of allylic oxidation sites excluding steroid dienone is 4. The molecular formula is C26H42OSi. The topological polar surface area (TPSA) is 9.23 Å². The van der Waals surface area contributed by atoms with Crippen LogP contribution in [0.3, 0.4) is 0 Å². The van der Waals surface area contributed by atoms with Crippen molar-refractivity contribution < 1.29 is 4.74 Å². The van der Waals surface area contributed by atoms with Gasteiger partial charge in [0.1, 0.15) is 13.8 Å². The zero-order valence-electron chi connectivity index (χ0n) is 20.4. The molecule has 156 valence electrons. The number of ether oxygens (including phenoxy) is 1. The van der Waals surface area contributed by atoms with Crippen molar-refractivity contribution in [3.63, 3.8) is 0 Å². The monoisotopic (exact) mass is 398 g/mol. The fourth-order valence-electron chi connectivity index (χ4n) is 4.27. The van der Waals surface area contributed by atoms with Crippen molar-refractivity contribution in [1.29, 1.82) is 0 Å². The number of hydrogen-bond acceptors (Lipinski definition) is 1. The first-order chi connectivity index (χ1) is 12.5. The quantitative estimate of drug-likeness (QED) is 0.496. The van der Waals surface area contributed by atoms with Crippen molar-refractivity contribution in [2.75, 3.05) is 7.11 Å². The molecule has 0 aromatic heterocycles. The van der Waals surface area contributed by atoms with Crippen molar-refractivity contribution in [1.82, 2.24) is 0 Å². The zero-order chi connectivity index (χ0) is 21.7. The van der Waals surface area contributed by atoms with Gasteiger partial charge in [0.25, 0.3) is 0 Å². The van der Waals surface area contributed by atoms with Crippen LogP contribution in [-0.4, -0.2) is 15.2 Å².